The van der Waals surface area contributed by atoms with Gasteiger partial charge in [-0.25, -0.2) is 4.98 Å². The van der Waals surface area contributed by atoms with E-state index in [1.165, 1.54) is 12.1 Å². The van der Waals surface area contributed by atoms with E-state index in [1.807, 2.05) is 0 Å². The maximum absolute atomic E-state index is 12.1. The van der Waals surface area contributed by atoms with Gasteiger partial charge < -0.3 is 15.0 Å². The van der Waals surface area contributed by atoms with Crippen LogP contribution < -0.4 is 0 Å². The Morgan fingerprint density at radius 1 is 1.61 bits per heavy atom. The first-order valence-corrected chi connectivity index (χ1v) is 6.67. The van der Waals surface area contributed by atoms with Gasteiger partial charge in [0, 0.05) is 24.0 Å². The van der Waals surface area contributed by atoms with Crippen LogP contribution in [0.2, 0.25) is 0 Å². The first-order chi connectivity index (χ1) is 8.49. The molecule has 2 heterocycles. The zero-order valence-corrected chi connectivity index (χ0v) is 11.5. The number of alkyl halides is 1. The molecule has 0 aliphatic carbocycles. The molecule has 1 aromatic rings. The SMILES string of the molecule is CC1CCN(C(=O)c2ccc([N+](=O)[O-])[nH]2)CC1Br. The van der Waals surface area contributed by atoms with E-state index in [9.17, 15) is 14.9 Å². The van der Waals surface area contributed by atoms with E-state index in [2.05, 4.69) is 27.8 Å². The predicted octanol–water partition coefficient (Wildman–Crippen LogP) is 2.17. The van der Waals surface area contributed by atoms with Gasteiger partial charge in [-0.2, -0.15) is 0 Å². The van der Waals surface area contributed by atoms with E-state index in [4.69, 9.17) is 0 Å². The molecule has 1 aliphatic heterocycles. The number of nitrogens with one attached hydrogen (secondary N) is 1. The molecular formula is C11H14BrN3O3. The molecule has 0 aromatic carbocycles. The number of amides is 1. The molecule has 2 unspecified atom stereocenters. The summed E-state index contributed by atoms with van der Waals surface area (Å²) >= 11 is 3.55. The van der Waals surface area contributed by atoms with Crippen LogP contribution >= 0.6 is 15.9 Å². The number of halogens is 1. The van der Waals surface area contributed by atoms with Crippen LogP contribution in [0.4, 0.5) is 5.82 Å². The second-order valence-electron chi connectivity index (χ2n) is 4.55. The lowest BCUT2D eigenvalue weighted by molar-refractivity contribution is -0.389. The summed E-state index contributed by atoms with van der Waals surface area (Å²) in [7, 11) is 0. The van der Waals surface area contributed by atoms with Crippen LogP contribution in [0.1, 0.15) is 23.8 Å². The summed E-state index contributed by atoms with van der Waals surface area (Å²) in [5.41, 5.74) is 0.274. The number of nitro groups is 1. The van der Waals surface area contributed by atoms with Crippen LogP contribution in [-0.2, 0) is 0 Å². The summed E-state index contributed by atoms with van der Waals surface area (Å²) in [6.45, 7) is 3.46. The minimum absolute atomic E-state index is 0.154. The molecule has 18 heavy (non-hydrogen) atoms. The molecule has 1 N–H and O–H groups in total. The van der Waals surface area contributed by atoms with Crippen molar-refractivity contribution in [3.8, 4) is 0 Å². The highest BCUT2D eigenvalue weighted by atomic mass is 79.9. The Morgan fingerprint density at radius 3 is 2.89 bits per heavy atom. The standard InChI is InChI=1S/C11H14BrN3O3/c1-7-4-5-14(6-8(7)12)11(16)9-2-3-10(13-9)15(17)18/h2-3,7-8,13H,4-6H2,1H3. The van der Waals surface area contributed by atoms with Gasteiger partial charge in [0.15, 0.2) is 5.69 Å². The highest BCUT2D eigenvalue weighted by Gasteiger charge is 2.29. The fourth-order valence-corrected chi connectivity index (χ4v) is 2.61. The lowest BCUT2D eigenvalue weighted by Gasteiger charge is -2.33. The predicted molar refractivity (Wildman–Crippen MR) is 69.8 cm³/mol. The zero-order valence-electron chi connectivity index (χ0n) is 9.93. The summed E-state index contributed by atoms with van der Waals surface area (Å²) in [6.07, 6.45) is 0.935. The minimum Gasteiger partial charge on any atom is -0.358 e. The third-order valence-electron chi connectivity index (χ3n) is 3.25. The van der Waals surface area contributed by atoms with Gasteiger partial charge in [0.05, 0.1) is 0 Å². The van der Waals surface area contributed by atoms with Gasteiger partial charge in [-0.1, -0.05) is 22.9 Å². The largest absolute Gasteiger partial charge is 0.358 e. The second kappa shape index (κ2) is 5.09. The van der Waals surface area contributed by atoms with Crippen molar-refractivity contribution in [1.82, 2.24) is 9.88 Å². The molecule has 98 valence electrons. The van der Waals surface area contributed by atoms with Crippen LogP contribution in [0.15, 0.2) is 12.1 Å². The Hall–Kier alpha value is -1.37. The van der Waals surface area contributed by atoms with E-state index >= 15 is 0 Å². The van der Waals surface area contributed by atoms with Gasteiger partial charge in [0.1, 0.15) is 0 Å². The van der Waals surface area contributed by atoms with Crippen molar-refractivity contribution in [3.05, 3.63) is 27.9 Å². The van der Waals surface area contributed by atoms with Crippen molar-refractivity contribution in [3.63, 3.8) is 0 Å². The maximum Gasteiger partial charge on any atom is 0.321 e. The number of hydrogen-bond donors (Lipinski definition) is 1. The molecule has 1 saturated heterocycles. The lowest BCUT2D eigenvalue weighted by Crippen LogP contribution is -2.43. The highest BCUT2D eigenvalue weighted by molar-refractivity contribution is 9.09. The molecule has 1 fully saturated rings. The van der Waals surface area contributed by atoms with Crippen molar-refractivity contribution in [1.29, 1.82) is 0 Å². The number of piperidine rings is 1. The van der Waals surface area contributed by atoms with Crippen LogP contribution in [0, 0.1) is 16.0 Å². The van der Waals surface area contributed by atoms with Crippen molar-refractivity contribution >= 4 is 27.7 Å². The summed E-state index contributed by atoms with van der Waals surface area (Å²) < 4.78 is 0. The van der Waals surface area contributed by atoms with E-state index < -0.39 is 4.92 Å². The lowest BCUT2D eigenvalue weighted by atomic mass is 9.99. The maximum atomic E-state index is 12.1. The summed E-state index contributed by atoms with van der Waals surface area (Å²) in [5, 5.41) is 10.6. The number of carbonyl (C=O) groups is 1. The van der Waals surface area contributed by atoms with Gasteiger partial charge >= 0.3 is 5.82 Å². The number of likely N-dealkylation sites (tertiary alicyclic amines) is 1. The summed E-state index contributed by atoms with van der Waals surface area (Å²) in [4.78, 5) is 26.7. The van der Waals surface area contributed by atoms with E-state index in [0.717, 1.165) is 6.42 Å². The molecule has 1 amide bonds. The zero-order chi connectivity index (χ0) is 13.3. The molecule has 0 radical (unpaired) electrons. The van der Waals surface area contributed by atoms with Crippen LogP contribution in [-0.4, -0.2) is 38.6 Å². The van der Waals surface area contributed by atoms with Crippen LogP contribution in [0.3, 0.4) is 0 Å². The van der Waals surface area contributed by atoms with E-state index in [0.29, 0.717) is 19.0 Å². The average molecular weight is 316 g/mol. The van der Waals surface area contributed by atoms with E-state index in [-0.39, 0.29) is 22.2 Å². The Labute approximate surface area is 113 Å². The highest BCUT2D eigenvalue weighted by Crippen LogP contribution is 2.24. The first-order valence-electron chi connectivity index (χ1n) is 5.76. The molecule has 0 saturated carbocycles. The topological polar surface area (TPSA) is 79.2 Å². The fraction of sp³-hybridized carbons (Fsp3) is 0.545. The Balaban J connectivity index is 2.09. The number of aromatic amines is 1. The molecule has 2 atom stereocenters. The number of carbonyl (C=O) groups excluding carboxylic acids is 1. The molecule has 0 bridgehead atoms. The molecule has 6 nitrogen and oxygen atoms in total. The number of H-pyrrole nitrogens is 1. The van der Waals surface area contributed by atoms with Gasteiger partial charge in [0.2, 0.25) is 0 Å². The first kappa shape index (κ1) is 13.1. The Bertz CT molecular complexity index is 474. The monoisotopic (exact) mass is 315 g/mol. The van der Waals surface area contributed by atoms with Crippen molar-refractivity contribution in [2.45, 2.75) is 18.2 Å². The smallest absolute Gasteiger partial charge is 0.321 e. The van der Waals surface area contributed by atoms with Crippen molar-refractivity contribution in [2.24, 2.45) is 5.92 Å². The molecule has 1 aromatic heterocycles. The fourth-order valence-electron chi connectivity index (χ4n) is 1.99. The summed E-state index contributed by atoms with van der Waals surface area (Å²) in [6, 6.07) is 2.77. The normalized spacial score (nSPS) is 24.0. The number of rotatable bonds is 2. The Morgan fingerprint density at radius 2 is 2.33 bits per heavy atom. The third-order valence-corrected chi connectivity index (χ3v) is 4.44. The molecule has 2 rings (SSSR count). The number of aromatic nitrogens is 1. The number of nitrogens with zero attached hydrogens (tertiary/aromatic N) is 2. The second-order valence-corrected chi connectivity index (χ2v) is 5.72. The van der Waals surface area contributed by atoms with E-state index in [1.54, 1.807) is 4.90 Å². The molecule has 7 heteroatoms. The van der Waals surface area contributed by atoms with Gasteiger partial charge in [-0.15, -0.1) is 0 Å². The quantitative estimate of drug-likeness (QED) is 0.516. The average Bonchev–Trinajstić information content (AvgIpc) is 2.81. The van der Waals surface area contributed by atoms with Crippen LogP contribution in [0.25, 0.3) is 0 Å². The molecular weight excluding hydrogens is 302 g/mol. The number of hydrogen-bond acceptors (Lipinski definition) is 3. The Kier molecular flexibility index (Phi) is 3.70. The van der Waals surface area contributed by atoms with Gasteiger partial charge in [-0.05, 0) is 23.3 Å². The van der Waals surface area contributed by atoms with Crippen molar-refractivity contribution in [2.75, 3.05) is 13.1 Å². The van der Waals surface area contributed by atoms with Gasteiger partial charge in [-0.3, -0.25) is 4.79 Å². The van der Waals surface area contributed by atoms with Gasteiger partial charge in [0.25, 0.3) is 5.91 Å². The third kappa shape index (κ3) is 2.55. The van der Waals surface area contributed by atoms with Crippen LogP contribution in [0.5, 0.6) is 0 Å². The minimum atomic E-state index is -0.539. The van der Waals surface area contributed by atoms with Crippen molar-refractivity contribution < 1.29 is 9.72 Å². The molecule has 1 aliphatic rings. The summed E-state index contributed by atoms with van der Waals surface area (Å²) in [5.74, 6) is 0.200. The molecule has 0 spiro atoms.